The minimum Gasteiger partial charge on any atom is -0.507 e. The van der Waals surface area contributed by atoms with Crippen molar-refractivity contribution in [3.8, 4) is 5.75 Å². The van der Waals surface area contributed by atoms with Gasteiger partial charge in [-0.3, -0.25) is 81.5 Å². The van der Waals surface area contributed by atoms with E-state index in [2.05, 4.69) is 89.0 Å². The first-order chi connectivity index (χ1) is 61.0. The second-order valence-corrected chi connectivity index (χ2v) is 33.9. The molecule has 2 fully saturated rings. The summed E-state index contributed by atoms with van der Waals surface area (Å²) in [5.41, 5.74) is 26.6. The Hall–Kier alpha value is -12.5. The van der Waals surface area contributed by atoms with Gasteiger partial charge in [0.05, 0.1) is 36.1 Å². The van der Waals surface area contributed by atoms with Crippen molar-refractivity contribution in [3.63, 3.8) is 0 Å². The molecule has 5 heterocycles. The molecule has 0 unspecified atom stereocenters. The number of carbonyl (C=O) groups excluding carboxylic acids is 17. The number of rotatable bonds is 23. The monoisotopic (exact) mass is 1860 g/mol. The maximum absolute atomic E-state index is 15.7. The largest absolute Gasteiger partial charge is 0.507 e. The number of benzene rings is 3. The zero-order valence-electron chi connectivity index (χ0n) is 72.9. The van der Waals surface area contributed by atoms with Crippen LogP contribution in [0, 0.1) is 0 Å². The fraction of sp³-hybridized carbons (Fsp3) is 0.506. The standard InChI is InChI=1S/C85H118BrN23O18S/c1-9-11-22-65-79(121)100-58(28-30-88)76(118)104-64(74(116)94-41-70(90)112)43-128-44-72(114)98-61(33-48-25-26-68(110)54(86)32-48)82(124)106(6)47(4)73(115)102-63(37-69(89)111)84(126)109-31-17-24-66(109)80(122)101-60(36-51-40-91-45-95-51)77(119)96-46(3)81(123)105(5)42-71(113)97-59(34-49-38-92-55-20-15-13-18-52(49)55)78(120)99-57(27-29-87)75(117)103-62(35-50-39-93-56-21-16-14-19-53(50)56)83(125)108(8)67(23-12-10-2)85(127)107(65)7/h13-16,18-21,25-26,32,38-40,45-47,57-67,92-93,110H,9-12,17,22-24,27-31,33-37,41-44,87-88H2,1-8H3,(H2,89,111)(H2,90,112)(H,91,95)(H,94,116)(H,96,119)(H,97,113)(H,98,114)(H,99,120)(H,100,121)(H,101,122)(H,102,115)(H,103,117)(H,104,118)/t46-,47-,57-,58-,59-,60-,61-,62-,63-,64-,65-,66-,67-/m0/s1. The number of aromatic hydroxyl groups is 1. The van der Waals surface area contributed by atoms with E-state index in [1.54, 1.807) is 48.8 Å². The molecule has 2 aliphatic heterocycles. The Labute approximate surface area is 752 Å². The predicted octanol–water partition coefficient (Wildman–Crippen LogP) is -2.25. The Balaban J connectivity index is 1.16. The Morgan fingerprint density at radius 3 is 1.67 bits per heavy atom. The van der Waals surface area contributed by atoms with Gasteiger partial charge in [-0.05, 0) is 122 Å². The number of nitrogens with two attached hydrogens (primary N) is 4. The summed E-state index contributed by atoms with van der Waals surface area (Å²) in [7, 11) is 5.24. The molecular weight excluding hydrogens is 1740 g/mol. The van der Waals surface area contributed by atoms with Crippen LogP contribution >= 0.6 is 27.7 Å². The minimum absolute atomic E-state index is 0.00973. The van der Waals surface area contributed by atoms with Gasteiger partial charge in [0.2, 0.25) is 100 Å². The number of hydrogen-bond donors (Lipinski definition) is 18. The zero-order chi connectivity index (χ0) is 93.8. The lowest BCUT2D eigenvalue weighted by atomic mass is 9.99. The smallest absolute Gasteiger partial charge is 0.246 e. The third-order valence-electron chi connectivity index (χ3n) is 22.5. The molecule has 8 rings (SSSR count). The number of hydrogen-bond acceptors (Lipinski definition) is 22. The molecule has 17 amide bonds. The van der Waals surface area contributed by atoms with Crippen molar-refractivity contribution < 1.29 is 86.6 Å². The van der Waals surface area contributed by atoms with Crippen molar-refractivity contribution >= 4 is 150 Å². The summed E-state index contributed by atoms with van der Waals surface area (Å²) in [5, 5.41) is 38.2. The first-order valence-corrected chi connectivity index (χ1v) is 44.4. The molecule has 0 bridgehead atoms. The molecule has 22 N–H and O–H groups in total. The number of phenols is 1. The number of thioether (sulfide) groups is 1. The van der Waals surface area contributed by atoms with Crippen molar-refractivity contribution in [1.29, 1.82) is 0 Å². The van der Waals surface area contributed by atoms with Gasteiger partial charge in [-0.2, -0.15) is 0 Å². The Bertz CT molecular complexity index is 4970. The van der Waals surface area contributed by atoms with Crippen LogP contribution in [0.4, 0.5) is 0 Å². The SMILES string of the molecule is CCCC[C@H]1C(=O)N(C)[C@@H](CCCC)C(=O)N[C@@H](CCN)C(=O)N[C@H](C(=O)NCC(N)=O)CSCC(=O)N[C@@H](Cc2ccc(O)c(Br)c2)C(=O)N(C)[C@@H](C)C(=O)N[C@@H](CC(N)=O)C(=O)N2CCC[C@H]2C(=O)N[C@@H](Cc2cnc[nH]2)C(=O)N[C@@H](C)C(=O)N(C)CC(=O)N[C@@H](Cc2c[nH]c3ccccc23)C(=O)N[C@@H](CCN)C(=O)N[C@@H](Cc2c[nH]c3ccccc23)C(=O)N1C. The van der Waals surface area contributed by atoms with E-state index in [9.17, 15) is 62.6 Å². The Morgan fingerprint density at radius 2 is 1.08 bits per heavy atom. The van der Waals surface area contributed by atoms with Gasteiger partial charge in [0.1, 0.15) is 84.3 Å². The zero-order valence-corrected chi connectivity index (χ0v) is 75.3. The number of carbonyl (C=O) groups is 17. The predicted molar refractivity (Wildman–Crippen MR) is 476 cm³/mol. The number of primary amides is 2. The van der Waals surface area contributed by atoms with Gasteiger partial charge in [0.15, 0.2) is 0 Å². The van der Waals surface area contributed by atoms with Crippen molar-refractivity contribution in [1.82, 2.24) is 97.6 Å². The van der Waals surface area contributed by atoms with Crippen LogP contribution in [0.1, 0.15) is 121 Å². The van der Waals surface area contributed by atoms with E-state index in [0.717, 1.165) is 26.5 Å². The van der Waals surface area contributed by atoms with E-state index in [1.165, 1.54) is 82.6 Å². The first kappa shape index (κ1) is 101. The molecule has 694 valence electrons. The molecule has 0 saturated carbocycles. The number of para-hydroxylation sites is 2. The van der Waals surface area contributed by atoms with Crippen molar-refractivity contribution in [2.45, 2.75) is 203 Å². The van der Waals surface area contributed by atoms with Crippen molar-refractivity contribution in [3.05, 3.63) is 119 Å². The number of fused-ring (bicyclic) bond motifs is 3. The number of halogens is 1. The molecular formula is C85H118BrN23O18S. The lowest BCUT2D eigenvalue weighted by molar-refractivity contribution is -0.149. The van der Waals surface area contributed by atoms with Crippen LogP contribution in [0.2, 0.25) is 0 Å². The molecule has 128 heavy (non-hydrogen) atoms. The molecule has 6 aromatic rings. The molecule has 3 aromatic heterocycles. The van der Waals surface area contributed by atoms with Gasteiger partial charge in [0, 0.05) is 112 Å². The van der Waals surface area contributed by atoms with Crippen LogP contribution in [0.3, 0.4) is 0 Å². The fourth-order valence-electron chi connectivity index (χ4n) is 15.2. The first-order valence-electron chi connectivity index (χ1n) is 42.4. The van der Waals surface area contributed by atoms with E-state index < -0.39 is 210 Å². The number of aromatic amines is 3. The summed E-state index contributed by atoms with van der Waals surface area (Å²) >= 11 is 4.04. The molecule has 41 nitrogen and oxygen atoms in total. The number of likely N-dealkylation sites (N-methyl/N-ethyl adjacent to an activating group) is 4. The highest BCUT2D eigenvalue weighted by atomic mass is 79.9. The van der Waals surface area contributed by atoms with Crippen LogP contribution in [-0.2, 0) is 107 Å². The van der Waals surface area contributed by atoms with E-state index in [-0.39, 0.29) is 94.1 Å². The molecule has 13 atom stereocenters. The van der Waals surface area contributed by atoms with Gasteiger partial charge in [-0.25, -0.2) is 4.98 Å². The summed E-state index contributed by atoms with van der Waals surface area (Å²) in [6.45, 7) is 4.38. The summed E-state index contributed by atoms with van der Waals surface area (Å²) in [6.07, 6.45) is 5.86. The number of amides is 17. The number of aromatic nitrogens is 4. The third kappa shape index (κ3) is 28.0. The number of nitrogens with one attached hydrogen (secondary N) is 13. The summed E-state index contributed by atoms with van der Waals surface area (Å²) in [4.78, 5) is 265. The second kappa shape index (κ2) is 48.4. The van der Waals surface area contributed by atoms with Gasteiger partial charge in [-0.15, -0.1) is 11.8 Å². The summed E-state index contributed by atoms with van der Waals surface area (Å²) < 4.78 is 0.208. The average molecular weight is 1860 g/mol. The highest BCUT2D eigenvalue weighted by Gasteiger charge is 2.44. The van der Waals surface area contributed by atoms with E-state index in [0.29, 0.717) is 69.9 Å². The number of imidazole rings is 1. The molecule has 0 radical (unpaired) electrons. The van der Waals surface area contributed by atoms with Crippen LogP contribution in [0.5, 0.6) is 5.75 Å². The van der Waals surface area contributed by atoms with Gasteiger partial charge >= 0.3 is 0 Å². The molecule has 2 saturated heterocycles. The lowest BCUT2D eigenvalue weighted by Crippen LogP contribution is -2.61. The van der Waals surface area contributed by atoms with E-state index in [1.807, 2.05) is 26.0 Å². The lowest BCUT2D eigenvalue weighted by Gasteiger charge is -2.36. The highest BCUT2D eigenvalue weighted by molar-refractivity contribution is 9.10. The number of phenolic OH excluding ortho intramolecular Hbond substituents is 1. The number of unbranched alkanes of at least 4 members (excludes halogenated alkanes) is 2. The normalized spacial score (nSPS) is 23.9. The molecule has 2 aliphatic rings. The van der Waals surface area contributed by atoms with Crippen LogP contribution in [0.25, 0.3) is 21.8 Å². The van der Waals surface area contributed by atoms with E-state index in [4.69, 9.17) is 22.9 Å². The topological polar surface area (TPSA) is 611 Å². The molecule has 43 heteroatoms. The van der Waals surface area contributed by atoms with Crippen LogP contribution < -0.4 is 76.1 Å². The molecule has 0 spiro atoms. The maximum atomic E-state index is 15.7. The van der Waals surface area contributed by atoms with Gasteiger partial charge < -0.3 is 121 Å². The quantitative estimate of drug-likeness (QED) is 0.0322. The fourth-order valence-corrected chi connectivity index (χ4v) is 16.5. The highest BCUT2D eigenvalue weighted by Crippen LogP contribution is 2.28. The van der Waals surface area contributed by atoms with Gasteiger partial charge in [-0.1, -0.05) is 82.0 Å². The maximum Gasteiger partial charge on any atom is 0.246 e. The molecule has 0 aliphatic carbocycles. The minimum atomic E-state index is -1.76. The van der Waals surface area contributed by atoms with Crippen molar-refractivity contribution in [2.75, 3.05) is 72.4 Å². The summed E-state index contributed by atoms with van der Waals surface area (Å²) in [5.74, 6) is -16.4. The van der Waals surface area contributed by atoms with E-state index >= 15 is 24.0 Å². The number of nitrogens with zero attached hydrogens (tertiary/aromatic N) is 6. The summed E-state index contributed by atoms with van der Waals surface area (Å²) in [6, 6.07) is -0.692. The van der Waals surface area contributed by atoms with Crippen LogP contribution in [0.15, 0.2) is 96.1 Å². The average Bonchev–Trinajstić information content (AvgIpc) is 1.43. The second-order valence-electron chi connectivity index (χ2n) is 32.0. The third-order valence-corrected chi connectivity index (χ3v) is 24.1. The van der Waals surface area contributed by atoms with Gasteiger partial charge in [0.25, 0.3) is 0 Å². The van der Waals surface area contributed by atoms with Crippen molar-refractivity contribution in [2.24, 2.45) is 22.9 Å². The van der Waals surface area contributed by atoms with Crippen LogP contribution in [-0.4, -0.2) is 301 Å². The molecule has 3 aromatic carbocycles. The Morgan fingerprint density at radius 1 is 0.547 bits per heavy atom. The number of H-pyrrole nitrogens is 3. The Kier molecular flexibility index (Phi) is 38.2.